The zero-order chi connectivity index (χ0) is 15.9. The molecule has 0 aromatic carbocycles. The Bertz CT molecular complexity index is 312. The number of nitrogens with one attached hydrogen (secondary N) is 1. The van der Waals surface area contributed by atoms with E-state index in [4.69, 9.17) is 4.74 Å². The largest absolute Gasteiger partial charge is 0.444 e. The summed E-state index contributed by atoms with van der Waals surface area (Å²) in [6, 6.07) is 0.844. The third-order valence-corrected chi connectivity index (χ3v) is 4.03. The maximum absolute atomic E-state index is 12.3. The van der Waals surface area contributed by atoms with Crippen LogP contribution in [0.4, 0.5) is 4.79 Å². The van der Waals surface area contributed by atoms with E-state index in [1.54, 1.807) is 0 Å². The minimum atomic E-state index is -0.416. The lowest BCUT2D eigenvalue weighted by molar-refractivity contribution is 0.00961. The van der Waals surface area contributed by atoms with E-state index < -0.39 is 5.60 Å². The van der Waals surface area contributed by atoms with Crippen LogP contribution in [0.3, 0.4) is 0 Å². The molecule has 1 saturated heterocycles. The predicted octanol–water partition coefficient (Wildman–Crippen LogP) is 3.94. The second-order valence-electron chi connectivity index (χ2n) is 7.13. The van der Waals surface area contributed by atoms with Crippen molar-refractivity contribution in [1.29, 1.82) is 0 Å². The lowest BCUT2D eigenvalue weighted by Crippen LogP contribution is -2.51. The maximum atomic E-state index is 12.3. The monoisotopic (exact) mass is 298 g/mol. The molecule has 1 heterocycles. The highest BCUT2D eigenvalue weighted by molar-refractivity contribution is 5.68. The molecule has 21 heavy (non-hydrogen) atoms. The van der Waals surface area contributed by atoms with Crippen LogP contribution < -0.4 is 5.32 Å². The SMILES string of the molecule is CCCC(CC)NCC1CCCCN1C(=O)OC(C)(C)C. The van der Waals surface area contributed by atoms with Crippen LogP contribution in [0.15, 0.2) is 0 Å². The molecule has 1 fully saturated rings. The number of carbonyl (C=O) groups excluding carboxylic acids is 1. The molecule has 0 bridgehead atoms. The van der Waals surface area contributed by atoms with Crippen LogP contribution in [-0.2, 0) is 4.74 Å². The third kappa shape index (κ3) is 6.68. The summed E-state index contributed by atoms with van der Waals surface area (Å²) in [5.41, 5.74) is -0.416. The number of nitrogens with zero attached hydrogens (tertiary/aromatic N) is 1. The lowest BCUT2D eigenvalue weighted by Gasteiger charge is -2.37. The van der Waals surface area contributed by atoms with E-state index in [0.717, 1.165) is 32.4 Å². The van der Waals surface area contributed by atoms with Gasteiger partial charge in [-0.1, -0.05) is 20.3 Å². The molecule has 1 N–H and O–H groups in total. The molecular formula is C17H34N2O2. The molecule has 2 unspecified atom stereocenters. The van der Waals surface area contributed by atoms with Crippen LogP contribution in [0.2, 0.25) is 0 Å². The molecule has 1 rings (SSSR count). The van der Waals surface area contributed by atoms with E-state index >= 15 is 0 Å². The van der Waals surface area contributed by atoms with Crippen LogP contribution in [-0.4, -0.2) is 41.8 Å². The van der Waals surface area contributed by atoms with E-state index in [9.17, 15) is 4.79 Å². The second kappa shape index (κ2) is 8.62. The standard InChI is InChI=1S/C17H34N2O2/c1-6-10-14(7-2)18-13-15-11-8-9-12-19(15)16(20)21-17(3,4)5/h14-15,18H,6-13H2,1-5H3. The first-order valence-electron chi connectivity index (χ1n) is 8.60. The molecule has 0 saturated carbocycles. The van der Waals surface area contributed by atoms with Gasteiger partial charge in [0.05, 0.1) is 0 Å². The highest BCUT2D eigenvalue weighted by atomic mass is 16.6. The topological polar surface area (TPSA) is 41.6 Å². The number of carbonyl (C=O) groups is 1. The molecule has 2 atom stereocenters. The number of likely N-dealkylation sites (tertiary alicyclic amines) is 1. The average molecular weight is 298 g/mol. The molecule has 124 valence electrons. The van der Waals surface area contributed by atoms with Crippen molar-refractivity contribution in [3.05, 3.63) is 0 Å². The Hall–Kier alpha value is -0.770. The average Bonchev–Trinajstić information content (AvgIpc) is 2.42. The minimum absolute atomic E-state index is 0.155. The summed E-state index contributed by atoms with van der Waals surface area (Å²) in [6.07, 6.45) is 6.76. The van der Waals surface area contributed by atoms with Gasteiger partial charge in [-0.15, -0.1) is 0 Å². The van der Waals surface area contributed by atoms with Gasteiger partial charge in [-0.25, -0.2) is 4.79 Å². The highest BCUT2D eigenvalue weighted by Gasteiger charge is 2.30. The van der Waals surface area contributed by atoms with Gasteiger partial charge in [0, 0.05) is 25.2 Å². The zero-order valence-corrected chi connectivity index (χ0v) is 14.6. The zero-order valence-electron chi connectivity index (χ0n) is 14.6. The summed E-state index contributed by atoms with van der Waals surface area (Å²) < 4.78 is 5.55. The molecule has 1 amide bonds. The Morgan fingerprint density at radius 3 is 2.62 bits per heavy atom. The molecule has 4 nitrogen and oxygen atoms in total. The first kappa shape index (κ1) is 18.3. The fourth-order valence-corrected chi connectivity index (χ4v) is 2.88. The summed E-state index contributed by atoms with van der Waals surface area (Å²) in [4.78, 5) is 14.3. The fraction of sp³-hybridized carbons (Fsp3) is 0.941. The molecular weight excluding hydrogens is 264 g/mol. The van der Waals surface area contributed by atoms with E-state index in [0.29, 0.717) is 6.04 Å². The maximum Gasteiger partial charge on any atom is 0.410 e. The van der Waals surface area contributed by atoms with Crippen LogP contribution in [0, 0.1) is 0 Å². The van der Waals surface area contributed by atoms with Gasteiger partial charge >= 0.3 is 6.09 Å². The molecule has 1 aliphatic rings. The third-order valence-electron chi connectivity index (χ3n) is 4.03. The summed E-state index contributed by atoms with van der Waals surface area (Å²) in [7, 11) is 0. The summed E-state index contributed by atoms with van der Waals surface area (Å²) >= 11 is 0. The Kier molecular flexibility index (Phi) is 7.50. The van der Waals surface area contributed by atoms with Crippen LogP contribution >= 0.6 is 0 Å². The Morgan fingerprint density at radius 2 is 2.05 bits per heavy atom. The van der Waals surface area contributed by atoms with Crippen LogP contribution in [0.5, 0.6) is 0 Å². The Morgan fingerprint density at radius 1 is 1.33 bits per heavy atom. The number of rotatable bonds is 6. The van der Waals surface area contributed by atoms with Crippen molar-refractivity contribution in [2.24, 2.45) is 0 Å². The normalized spacial score (nSPS) is 21.2. The van der Waals surface area contributed by atoms with Crippen molar-refractivity contribution in [2.75, 3.05) is 13.1 Å². The van der Waals surface area contributed by atoms with Gasteiger partial charge in [0.2, 0.25) is 0 Å². The van der Waals surface area contributed by atoms with Crippen molar-refractivity contribution in [2.45, 2.75) is 90.8 Å². The molecule has 4 heteroatoms. The van der Waals surface area contributed by atoms with Gasteiger partial charge in [0.25, 0.3) is 0 Å². The summed E-state index contributed by atoms with van der Waals surface area (Å²) in [5.74, 6) is 0. The molecule has 0 aromatic heterocycles. The predicted molar refractivity (Wildman–Crippen MR) is 87.6 cm³/mol. The second-order valence-corrected chi connectivity index (χ2v) is 7.13. The van der Waals surface area contributed by atoms with E-state index in [1.165, 1.54) is 19.3 Å². The van der Waals surface area contributed by atoms with Crippen molar-refractivity contribution in [3.63, 3.8) is 0 Å². The van der Waals surface area contributed by atoms with Crippen molar-refractivity contribution in [1.82, 2.24) is 10.2 Å². The number of ether oxygens (including phenoxy) is 1. The summed E-state index contributed by atoms with van der Waals surface area (Å²) in [5, 5.41) is 3.64. The Labute approximate surface area is 130 Å². The van der Waals surface area contributed by atoms with E-state index in [-0.39, 0.29) is 12.1 Å². The number of amides is 1. The molecule has 0 radical (unpaired) electrons. The smallest absolute Gasteiger partial charge is 0.410 e. The van der Waals surface area contributed by atoms with Gasteiger partial charge in [-0.05, 0) is 52.9 Å². The number of hydrogen-bond acceptors (Lipinski definition) is 3. The van der Waals surface area contributed by atoms with Gasteiger partial charge < -0.3 is 15.0 Å². The lowest BCUT2D eigenvalue weighted by atomic mass is 10.0. The first-order valence-corrected chi connectivity index (χ1v) is 8.60. The van der Waals surface area contributed by atoms with Crippen molar-refractivity contribution < 1.29 is 9.53 Å². The highest BCUT2D eigenvalue weighted by Crippen LogP contribution is 2.20. The number of piperidine rings is 1. The van der Waals surface area contributed by atoms with Crippen molar-refractivity contribution >= 4 is 6.09 Å². The van der Waals surface area contributed by atoms with E-state index in [2.05, 4.69) is 19.2 Å². The summed E-state index contributed by atoms with van der Waals surface area (Å²) in [6.45, 7) is 11.9. The van der Waals surface area contributed by atoms with Crippen molar-refractivity contribution in [3.8, 4) is 0 Å². The Balaban J connectivity index is 2.54. The fourth-order valence-electron chi connectivity index (χ4n) is 2.88. The van der Waals surface area contributed by atoms with Crippen LogP contribution in [0.25, 0.3) is 0 Å². The van der Waals surface area contributed by atoms with Gasteiger partial charge in [0.15, 0.2) is 0 Å². The van der Waals surface area contributed by atoms with E-state index in [1.807, 2.05) is 25.7 Å². The molecule has 0 spiro atoms. The van der Waals surface area contributed by atoms with Crippen LogP contribution in [0.1, 0.15) is 73.1 Å². The minimum Gasteiger partial charge on any atom is -0.444 e. The quantitative estimate of drug-likeness (QED) is 0.807. The van der Waals surface area contributed by atoms with Gasteiger partial charge in [-0.2, -0.15) is 0 Å². The van der Waals surface area contributed by atoms with Gasteiger partial charge in [0.1, 0.15) is 5.60 Å². The first-order chi connectivity index (χ1) is 9.87. The molecule has 1 aliphatic heterocycles. The van der Waals surface area contributed by atoms with Gasteiger partial charge in [-0.3, -0.25) is 0 Å². The molecule has 0 aromatic rings. The molecule has 0 aliphatic carbocycles. The number of hydrogen-bond donors (Lipinski definition) is 1.